The Morgan fingerprint density at radius 1 is 1.25 bits per heavy atom. The summed E-state index contributed by atoms with van der Waals surface area (Å²) in [5.74, 6) is -0.542. The van der Waals surface area contributed by atoms with Crippen LogP contribution >= 0.6 is 0 Å². The molecule has 0 amide bonds. The molecule has 1 rings (SSSR count). The molecule has 0 aliphatic heterocycles. The van der Waals surface area contributed by atoms with E-state index in [0.29, 0.717) is 0 Å². The number of aliphatic hydroxyl groups is 1. The van der Waals surface area contributed by atoms with Gasteiger partial charge in [-0.15, -0.1) is 0 Å². The Bertz CT molecular complexity index is 298. The van der Waals surface area contributed by atoms with Gasteiger partial charge >= 0.3 is 0 Å². The van der Waals surface area contributed by atoms with E-state index in [1.165, 1.54) is 19.1 Å². The highest BCUT2D eigenvalue weighted by Gasteiger charge is 2.16. The number of hydrogen-bond acceptors (Lipinski definition) is 4. The van der Waals surface area contributed by atoms with Crippen molar-refractivity contribution in [3.8, 4) is 0 Å². The van der Waals surface area contributed by atoms with E-state index in [0.717, 1.165) is 19.3 Å². The zero-order chi connectivity index (χ0) is 12.6. The molecule has 0 aromatic carbocycles. The normalized spacial score (nSPS) is 16.4. The first kappa shape index (κ1) is 14.7. The van der Waals surface area contributed by atoms with Crippen LogP contribution in [0.1, 0.15) is 20.8 Å². The van der Waals surface area contributed by atoms with Crippen molar-refractivity contribution >= 4 is 11.6 Å². The Balaban J connectivity index is 0.000000385. The number of hydrogen-bond donors (Lipinski definition) is 1. The van der Waals surface area contributed by atoms with Gasteiger partial charge in [-0.05, 0) is 39.0 Å². The summed E-state index contributed by atoms with van der Waals surface area (Å²) in [5, 5.41) is 8.99. The maximum Gasteiger partial charge on any atom is 0.184 e. The Morgan fingerprint density at radius 2 is 1.81 bits per heavy atom. The number of rotatable bonds is 3. The van der Waals surface area contributed by atoms with Crippen LogP contribution in [0.5, 0.6) is 0 Å². The van der Waals surface area contributed by atoms with E-state index in [4.69, 9.17) is 9.84 Å². The van der Waals surface area contributed by atoms with Crippen LogP contribution < -0.4 is 0 Å². The molecule has 90 valence electrons. The number of ether oxygens (including phenoxy) is 1. The molecule has 1 unspecified atom stereocenters. The molecular weight excluding hydrogens is 208 g/mol. The lowest BCUT2D eigenvalue weighted by Crippen LogP contribution is -2.17. The molecule has 4 heteroatoms. The summed E-state index contributed by atoms with van der Waals surface area (Å²) in [7, 11) is 0. The van der Waals surface area contributed by atoms with Crippen molar-refractivity contribution in [3.05, 3.63) is 23.8 Å². The summed E-state index contributed by atoms with van der Waals surface area (Å²) in [4.78, 5) is 21.6. The third-order valence-electron chi connectivity index (χ3n) is 1.84. The molecule has 16 heavy (non-hydrogen) atoms. The third kappa shape index (κ3) is 5.58. The van der Waals surface area contributed by atoms with Gasteiger partial charge in [0.1, 0.15) is 0 Å². The number of carbonyl (C=O) groups is 2. The zero-order valence-electron chi connectivity index (χ0n) is 9.90. The summed E-state index contributed by atoms with van der Waals surface area (Å²) < 4.78 is 4.83. The van der Waals surface area contributed by atoms with Crippen LogP contribution in [0.15, 0.2) is 23.8 Å². The van der Waals surface area contributed by atoms with Crippen LogP contribution in [0.4, 0.5) is 0 Å². The smallest absolute Gasteiger partial charge is 0.184 e. The molecule has 4 nitrogen and oxygen atoms in total. The Hall–Kier alpha value is -1.26. The average molecular weight is 226 g/mol. The minimum absolute atomic E-state index is 0.164. The summed E-state index contributed by atoms with van der Waals surface area (Å²) in [6, 6.07) is 0. The van der Waals surface area contributed by atoms with E-state index in [-0.39, 0.29) is 17.1 Å². The van der Waals surface area contributed by atoms with Crippen molar-refractivity contribution in [2.45, 2.75) is 26.9 Å². The Labute approximate surface area is 95.6 Å². The minimum atomic E-state index is -0.864. The molecule has 0 bridgehead atoms. The molecule has 0 fully saturated rings. The third-order valence-corrected chi connectivity index (χ3v) is 1.84. The maximum absolute atomic E-state index is 10.9. The van der Waals surface area contributed by atoms with E-state index in [2.05, 4.69) is 0 Å². The van der Waals surface area contributed by atoms with Gasteiger partial charge in [0.05, 0.1) is 6.10 Å². The van der Waals surface area contributed by atoms with Crippen LogP contribution in [-0.2, 0) is 14.3 Å². The van der Waals surface area contributed by atoms with Crippen molar-refractivity contribution in [1.82, 2.24) is 0 Å². The number of carbonyl (C=O) groups excluding carboxylic acids is 2. The largest absolute Gasteiger partial charge is 0.389 e. The molecule has 0 heterocycles. The van der Waals surface area contributed by atoms with Crippen LogP contribution in [-0.4, -0.2) is 36.0 Å². The van der Waals surface area contributed by atoms with Gasteiger partial charge < -0.3 is 9.84 Å². The lowest BCUT2D eigenvalue weighted by Gasteiger charge is -2.08. The van der Waals surface area contributed by atoms with Crippen LogP contribution in [0.25, 0.3) is 0 Å². The van der Waals surface area contributed by atoms with Gasteiger partial charge in [0, 0.05) is 18.8 Å². The Kier molecular flexibility index (Phi) is 7.33. The molecule has 1 aliphatic rings. The summed E-state index contributed by atoms with van der Waals surface area (Å²) >= 11 is 0. The van der Waals surface area contributed by atoms with Crippen molar-refractivity contribution < 1.29 is 19.4 Å². The maximum atomic E-state index is 10.9. The highest BCUT2D eigenvalue weighted by molar-refractivity contribution is 6.17. The lowest BCUT2D eigenvalue weighted by atomic mass is 10.00. The fourth-order valence-electron chi connectivity index (χ4n) is 1.06. The van der Waals surface area contributed by atoms with E-state index in [1.807, 2.05) is 13.8 Å². The first-order chi connectivity index (χ1) is 7.52. The molecule has 0 aromatic rings. The van der Waals surface area contributed by atoms with Crippen molar-refractivity contribution in [2.75, 3.05) is 13.2 Å². The standard InChI is InChI=1S/C8H8O3.C4H10O/c1-5(9)7-4-6(10)2-3-8(7)11;1-3-5-4-2/h2-5,9H,1H3;3-4H2,1-2H3. The van der Waals surface area contributed by atoms with Crippen molar-refractivity contribution in [2.24, 2.45) is 0 Å². The van der Waals surface area contributed by atoms with E-state index >= 15 is 0 Å². The van der Waals surface area contributed by atoms with Gasteiger partial charge in [-0.3, -0.25) is 9.59 Å². The van der Waals surface area contributed by atoms with Gasteiger partial charge in [-0.1, -0.05) is 0 Å². The molecule has 0 saturated carbocycles. The highest BCUT2D eigenvalue weighted by Crippen LogP contribution is 2.08. The average Bonchev–Trinajstić information content (AvgIpc) is 2.23. The molecule has 0 aromatic heterocycles. The Morgan fingerprint density at radius 3 is 2.12 bits per heavy atom. The second-order valence-electron chi connectivity index (χ2n) is 3.16. The highest BCUT2D eigenvalue weighted by atomic mass is 16.5. The number of allylic oxidation sites excluding steroid dienone is 3. The van der Waals surface area contributed by atoms with E-state index < -0.39 is 6.10 Å². The van der Waals surface area contributed by atoms with E-state index in [9.17, 15) is 9.59 Å². The fourth-order valence-corrected chi connectivity index (χ4v) is 1.06. The second kappa shape index (κ2) is 7.96. The molecule has 0 radical (unpaired) electrons. The molecule has 1 atom stereocenters. The van der Waals surface area contributed by atoms with Crippen molar-refractivity contribution in [1.29, 1.82) is 0 Å². The number of ketones is 2. The van der Waals surface area contributed by atoms with Crippen molar-refractivity contribution in [3.63, 3.8) is 0 Å². The van der Waals surface area contributed by atoms with E-state index in [1.54, 1.807) is 0 Å². The topological polar surface area (TPSA) is 63.6 Å². The summed E-state index contributed by atoms with van der Waals surface area (Å²) in [6.07, 6.45) is 2.65. The number of aliphatic hydroxyl groups excluding tert-OH is 1. The minimum Gasteiger partial charge on any atom is -0.389 e. The molecule has 0 saturated heterocycles. The van der Waals surface area contributed by atoms with Crippen LogP contribution in [0, 0.1) is 0 Å². The summed E-state index contributed by atoms with van der Waals surface area (Å²) in [5.41, 5.74) is 0.164. The van der Waals surface area contributed by atoms with Gasteiger partial charge in [0.2, 0.25) is 0 Å². The predicted octanol–water partition coefficient (Wildman–Crippen LogP) is 1.04. The SMILES string of the molecule is CC(O)C1=CC(=O)C=CC1=O.CCOCC. The monoisotopic (exact) mass is 226 g/mol. The fraction of sp³-hybridized carbons (Fsp3) is 0.500. The summed E-state index contributed by atoms with van der Waals surface area (Å²) in [6.45, 7) is 7.12. The quantitative estimate of drug-likeness (QED) is 0.730. The second-order valence-corrected chi connectivity index (χ2v) is 3.16. The first-order valence-electron chi connectivity index (χ1n) is 5.26. The zero-order valence-corrected chi connectivity index (χ0v) is 9.90. The predicted molar refractivity (Wildman–Crippen MR) is 61.1 cm³/mol. The lowest BCUT2D eigenvalue weighted by molar-refractivity contribution is -0.115. The van der Waals surface area contributed by atoms with Crippen LogP contribution in [0.3, 0.4) is 0 Å². The van der Waals surface area contributed by atoms with Gasteiger partial charge in [0.25, 0.3) is 0 Å². The first-order valence-corrected chi connectivity index (χ1v) is 5.26. The van der Waals surface area contributed by atoms with Gasteiger partial charge in [0.15, 0.2) is 11.6 Å². The molecule has 1 aliphatic carbocycles. The molecule has 1 N–H and O–H groups in total. The molecular formula is C12H18O4. The van der Waals surface area contributed by atoms with Gasteiger partial charge in [-0.2, -0.15) is 0 Å². The molecule has 0 spiro atoms. The van der Waals surface area contributed by atoms with Gasteiger partial charge in [-0.25, -0.2) is 0 Å². The van der Waals surface area contributed by atoms with Crippen LogP contribution in [0.2, 0.25) is 0 Å².